The second-order valence-electron chi connectivity index (χ2n) is 4.52. The lowest BCUT2D eigenvalue weighted by molar-refractivity contribution is 0.102. The Labute approximate surface area is 112 Å². The van der Waals surface area contributed by atoms with Crippen molar-refractivity contribution in [1.82, 2.24) is 9.78 Å². The number of nitrogens with two attached hydrogens (primary N) is 1. The van der Waals surface area contributed by atoms with Gasteiger partial charge in [0, 0.05) is 17.3 Å². The van der Waals surface area contributed by atoms with Crippen LogP contribution in [0.5, 0.6) is 5.75 Å². The number of ketones is 1. The first-order valence-electron chi connectivity index (χ1n) is 6.07. The van der Waals surface area contributed by atoms with Crippen molar-refractivity contribution >= 4 is 11.5 Å². The van der Waals surface area contributed by atoms with E-state index in [9.17, 15) is 4.79 Å². The third-order valence-electron chi connectivity index (χ3n) is 2.89. The topological polar surface area (TPSA) is 70.1 Å². The Balaban J connectivity index is 2.55. The summed E-state index contributed by atoms with van der Waals surface area (Å²) in [6.45, 7) is 3.91. The van der Waals surface area contributed by atoms with Crippen LogP contribution in [0.2, 0.25) is 0 Å². The van der Waals surface area contributed by atoms with Crippen LogP contribution in [-0.4, -0.2) is 22.7 Å². The number of para-hydroxylation sites is 1. The Morgan fingerprint density at radius 1 is 1.37 bits per heavy atom. The van der Waals surface area contributed by atoms with Gasteiger partial charge < -0.3 is 10.5 Å². The molecule has 5 heteroatoms. The molecule has 0 aliphatic heterocycles. The molecule has 0 spiro atoms. The SMILES string of the molecule is COc1cnn(C(C)C)c1C(=O)c1ccccc1N. The lowest BCUT2D eigenvalue weighted by atomic mass is 10.1. The highest BCUT2D eigenvalue weighted by Gasteiger charge is 2.23. The van der Waals surface area contributed by atoms with Gasteiger partial charge in [0.2, 0.25) is 5.78 Å². The minimum Gasteiger partial charge on any atom is -0.493 e. The highest BCUT2D eigenvalue weighted by atomic mass is 16.5. The Bertz CT molecular complexity index is 602. The van der Waals surface area contributed by atoms with Gasteiger partial charge in [-0.2, -0.15) is 5.10 Å². The van der Waals surface area contributed by atoms with Gasteiger partial charge in [-0.1, -0.05) is 12.1 Å². The van der Waals surface area contributed by atoms with E-state index in [0.717, 1.165) is 0 Å². The third kappa shape index (κ3) is 2.31. The van der Waals surface area contributed by atoms with Crippen molar-refractivity contribution in [3.63, 3.8) is 0 Å². The zero-order valence-electron chi connectivity index (χ0n) is 11.3. The Kier molecular flexibility index (Phi) is 3.55. The van der Waals surface area contributed by atoms with Crippen molar-refractivity contribution in [2.24, 2.45) is 0 Å². The molecule has 0 saturated heterocycles. The standard InChI is InChI=1S/C14H17N3O2/c1-9(2)17-13(12(19-3)8-16-17)14(18)10-6-4-5-7-11(10)15/h4-9H,15H2,1-3H3. The molecule has 5 nitrogen and oxygen atoms in total. The number of carbonyl (C=O) groups excluding carboxylic acids is 1. The molecule has 1 heterocycles. The number of nitrogens with zero attached hydrogens (tertiary/aromatic N) is 2. The van der Waals surface area contributed by atoms with Crippen LogP contribution < -0.4 is 10.5 Å². The number of aromatic nitrogens is 2. The lowest BCUT2D eigenvalue weighted by Crippen LogP contribution is -2.15. The van der Waals surface area contributed by atoms with Gasteiger partial charge in [-0.15, -0.1) is 0 Å². The summed E-state index contributed by atoms with van der Waals surface area (Å²) in [6.07, 6.45) is 1.55. The summed E-state index contributed by atoms with van der Waals surface area (Å²) in [7, 11) is 1.52. The summed E-state index contributed by atoms with van der Waals surface area (Å²) >= 11 is 0. The molecule has 19 heavy (non-hydrogen) atoms. The first-order valence-corrected chi connectivity index (χ1v) is 6.07. The fraction of sp³-hybridized carbons (Fsp3) is 0.286. The molecule has 0 aliphatic carbocycles. The zero-order chi connectivity index (χ0) is 14.0. The molecule has 2 N–H and O–H groups in total. The molecule has 100 valence electrons. The van der Waals surface area contributed by atoms with Crippen LogP contribution in [0.3, 0.4) is 0 Å². The number of ether oxygens (including phenoxy) is 1. The molecular weight excluding hydrogens is 242 g/mol. The van der Waals surface area contributed by atoms with Crippen molar-refractivity contribution in [2.45, 2.75) is 19.9 Å². The van der Waals surface area contributed by atoms with E-state index in [1.54, 1.807) is 35.1 Å². The Morgan fingerprint density at radius 3 is 2.63 bits per heavy atom. The fourth-order valence-corrected chi connectivity index (χ4v) is 1.93. The van der Waals surface area contributed by atoms with E-state index in [-0.39, 0.29) is 11.8 Å². The molecule has 0 amide bonds. The van der Waals surface area contributed by atoms with Gasteiger partial charge >= 0.3 is 0 Å². The molecule has 1 aromatic carbocycles. The maximum Gasteiger partial charge on any atom is 0.216 e. The summed E-state index contributed by atoms with van der Waals surface area (Å²) in [4.78, 5) is 12.6. The van der Waals surface area contributed by atoms with Crippen LogP contribution in [0.25, 0.3) is 0 Å². The van der Waals surface area contributed by atoms with Crippen molar-refractivity contribution in [2.75, 3.05) is 12.8 Å². The number of rotatable bonds is 4. The van der Waals surface area contributed by atoms with E-state index in [2.05, 4.69) is 5.10 Å². The summed E-state index contributed by atoms with van der Waals surface area (Å²) in [5.41, 5.74) is 7.19. The average molecular weight is 259 g/mol. The van der Waals surface area contributed by atoms with Gasteiger partial charge in [-0.3, -0.25) is 9.48 Å². The van der Waals surface area contributed by atoms with Crippen molar-refractivity contribution in [1.29, 1.82) is 0 Å². The second-order valence-corrected chi connectivity index (χ2v) is 4.52. The Morgan fingerprint density at radius 2 is 2.05 bits per heavy atom. The van der Waals surface area contributed by atoms with Crippen LogP contribution in [0.15, 0.2) is 30.5 Å². The zero-order valence-corrected chi connectivity index (χ0v) is 11.3. The van der Waals surface area contributed by atoms with Gasteiger partial charge in [0.05, 0.1) is 13.3 Å². The number of anilines is 1. The van der Waals surface area contributed by atoms with E-state index < -0.39 is 0 Å². The molecule has 0 fully saturated rings. The Hall–Kier alpha value is -2.30. The van der Waals surface area contributed by atoms with Crippen molar-refractivity contribution in [3.05, 3.63) is 41.7 Å². The number of methoxy groups -OCH3 is 1. The lowest BCUT2D eigenvalue weighted by Gasteiger charge is -2.12. The molecule has 0 unspecified atom stereocenters. The predicted molar refractivity (Wildman–Crippen MR) is 73.5 cm³/mol. The smallest absolute Gasteiger partial charge is 0.216 e. The van der Waals surface area contributed by atoms with Gasteiger partial charge in [-0.05, 0) is 26.0 Å². The van der Waals surface area contributed by atoms with Crippen LogP contribution in [0.4, 0.5) is 5.69 Å². The number of nitrogen functional groups attached to an aromatic ring is 1. The van der Waals surface area contributed by atoms with Crippen LogP contribution in [-0.2, 0) is 0 Å². The number of hydrogen-bond acceptors (Lipinski definition) is 4. The molecule has 1 aromatic heterocycles. The third-order valence-corrected chi connectivity index (χ3v) is 2.89. The van der Waals surface area contributed by atoms with Gasteiger partial charge in [-0.25, -0.2) is 0 Å². The van der Waals surface area contributed by atoms with Crippen molar-refractivity contribution in [3.8, 4) is 5.75 Å². The van der Waals surface area contributed by atoms with E-state index in [1.165, 1.54) is 7.11 Å². The summed E-state index contributed by atoms with van der Waals surface area (Å²) in [5, 5.41) is 4.19. The van der Waals surface area contributed by atoms with Gasteiger partial charge in [0.1, 0.15) is 0 Å². The highest BCUT2D eigenvalue weighted by molar-refractivity contribution is 6.12. The monoisotopic (exact) mass is 259 g/mol. The fourth-order valence-electron chi connectivity index (χ4n) is 1.93. The molecule has 0 saturated carbocycles. The van der Waals surface area contributed by atoms with Crippen LogP contribution >= 0.6 is 0 Å². The highest BCUT2D eigenvalue weighted by Crippen LogP contribution is 2.25. The van der Waals surface area contributed by atoms with E-state index in [1.807, 2.05) is 13.8 Å². The molecule has 0 bridgehead atoms. The van der Waals surface area contributed by atoms with Crippen molar-refractivity contribution < 1.29 is 9.53 Å². The predicted octanol–water partition coefficient (Wildman–Crippen LogP) is 2.29. The maximum absolute atomic E-state index is 12.6. The summed E-state index contributed by atoms with van der Waals surface area (Å²) < 4.78 is 6.86. The number of benzene rings is 1. The summed E-state index contributed by atoms with van der Waals surface area (Å²) in [6, 6.07) is 7.05. The van der Waals surface area contributed by atoms with Gasteiger partial charge in [0.25, 0.3) is 0 Å². The minimum atomic E-state index is -0.179. The second kappa shape index (κ2) is 5.14. The maximum atomic E-state index is 12.6. The molecule has 0 atom stereocenters. The molecular formula is C14H17N3O2. The van der Waals surface area contributed by atoms with Crippen LogP contribution in [0.1, 0.15) is 35.9 Å². The quantitative estimate of drug-likeness (QED) is 0.675. The van der Waals surface area contributed by atoms with Gasteiger partial charge in [0.15, 0.2) is 11.4 Å². The van der Waals surface area contributed by atoms with E-state index >= 15 is 0 Å². The average Bonchev–Trinajstić information content (AvgIpc) is 2.82. The first-order chi connectivity index (χ1) is 9.06. The van der Waals surface area contributed by atoms with E-state index in [0.29, 0.717) is 22.7 Å². The molecule has 0 aliphatic rings. The first kappa shape index (κ1) is 13.1. The molecule has 2 rings (SSSR count). The minimum absolute atomic E-state index is 0.0628. The van der Waals surface area contributed by atoms with E-state index in [4.69, 9.17) is 10.5 Å². The summed E-state index contributed by atoms with van der Waals surface area (Å²) in [5.74, 6) is 0.281. The number of carbonyl (C=O) groups is 1. The van der Waals surface area contributed by atoms with Crippen LogP contribution in [0, 0.1) is 0 Å². The molecule has 0 radical (unpaired) electrons. The molecule has 2 aromatic rings. The number of hydrogen-bond donors (Lipinski definition) is 1. The largest absolute Gasteiger partial charge is 0.493 e. The normalized spacial score (nSPS) is 10.7.